The van der Waals surface area contributed by atoms with Gasteiger partial charge in [0.2, 0.25) is 0 Å². The minimum absolute atomic E-state index is 0. The Bertz CT molecular complexity index is 258. The van der Waals surface area contributed by atoms with Gasteiger partial charge in [-0.05, 0) is 38.3 Å². The third kappa shape index (κ3) is 8.97. The molecular formula is C14H31IN4O. The molecule has 1 fully saturated rings. The number of rotatable bonds is 8. The van der Waals surface area contributed by atoms with Crippen molar-refractivity contribution in [2.24, 2.45) is 10.9 Å². The second kappa shape index (κ2) is 12.6. The van der Waals surface area contributed by atoms with Crippen LogP contribution < -0.4 is 10.6 Å². The van der Waals surface area contributed by atoms with E-state index in [2.05, 4.69) is 27.4 Å². The first-order chi connectivity index (χ1) is 9.26. The molecule has 1 saturated heterocycles. The molecule has 5 nitrogen and oxygen atoms in total. The van der Waals surface area contributed by atoms with Gasteiger partial charge >= 0.3 is 0 Å². The molecule has 0 aromatic carbocycles. The van der Waals surface area contributed by atoms with Crippen LogP contribution in [-0.4, -0.2) is 64.3 Å². The van der Waals surface area contributed by atoms with Gasteiger partial charge in [0.1, 0.15) is 0 Å². The minimum atomic E-state index is 0. The Kier molecular flexibility index (Phi) is 12.6. The molecule has 120 valence electrons. The SMILES string of the molecule is CN=C(NCCCOC)NCC(C)CN1CCCC1.I. The predicted octanol–water partition coefficient (Wildman–Crippen LogP) is 1.54. The summed E-state index contributed by atoms with van der Waals surface area (Å²) < 4.78 is 5.02. The van der Waals surface area contributed by atoms with Gasteiger partial charge in [-0.3, -0.25) is 4.99 Å². The maximum Gasteiger partial charge on any atom is 0.190 e. The summed E-state index contributed by atoms with van der Waals surface area (Å²) in [6.07, 6.45) is 3.73. The lowest BCUT2D eigenvalue weighted by Crippen LogP contribution is -2.41. The van der Waals surface area contributed by atoms with Gasteiger partial charge in [-0.25, -0.2) is 0 Å². The molecule has 0 spiro atoms. The predicted molar refractivity (Wildman–Crippen MR) is 96.1 cm³/mol. The standard InChI is InChI=1S/C14H30N4O.HI/c1-13(12-18-8-4-5-9-18)11-17-14(15-2)16-7-6-10-19-3;/h13H,4-12H2,1-3H3,(H2,15,16,17);1H. The fourth-order valence-corrected chi connectivity index (χ4v) is 2.39. The molecule has 0 bridgehead atoms. The lowest BCUT2D eigenvalue weighted by atomic mass is 10.1. The van der Waals surface area contributed by atoms with Crippen molar-refractivity contribution in [1.29, 1.82) is 0 Å². The van der Waals surface area contributed by atoms with Crippen LogP contribution in [-0.2, 0) is 4.74 Å². The number of methoxy groups -OCH3 is 1. The third-order valence-electron chi connectivity index (χ3n) is 3.43. The van der Waals surface area contributed by atoms with E-state index < -0.39 is 0 Å². The first-order valence-electron chi connectivity index (χ1n) is 7.42. The molecule has 1 unspecified atom stereocenters. The second-order valence-electron chi connectivity index (χ2n) is 5.34. The summed E-state index contributed by atoms with van der Waals surface area (Å²) in [5, 5.41) is 6.69. The van der Waals surface area contributed by atoms with Crippen LogP contribution >= 0.6 is 24.0 Å². The Morgan fingerprint density at radius 2 is 2.00 bits per heavy atom. The summed E-state index contributed by atoms with van der Waals surface area (Å²) in [4.78, 5) is 6.79. The number of likely N-dealkylation sites (tertiary alicyclic amines) is 1. The highest BCUT2D eigenvalue weighted by Crippen LogP contribution is 2.09. The van der Waals surface area contributed by atoms with Crippen LogP contribution in [0.4, 0.5) is 0 Å². The fourth-order valence-electron chi connectivity index (χ4n) is 2.39. The Labute approximate surface area is 140 Å². The summed E-state index contributed by atoms with van der Waals surface area (Å²) in [5.74, 6) is 1.54. The smallest absolute Gasteiger partial charge is 0.190 e. The molecule has 0 aliphatic carbocycles. The first kappa shape index (κ1) is 19.9. The van der Waals surface area contributed by atoms with Crippen LogP contribution in [0.3, 0.4) is 0 Å². The van der Waals surface area contributed by atoms with E-state index in [-0.39, 0.29) is 24.0 Å². The zero-order chi connectivity index (χ0) is 13.9. The van der Waals surface area contributed by atoms with Crippen molar-refractivity contribution in [2.75, 3.05) is 53.5 Å². The van der Waals surface area contributed by atoms with Gasteiger partial charge in [-0.2, -0.15) is 0 Å². The number of halogens is 1. The van der Waals surface area contributed by atoms with Gasteiger partial charge in [-0.1, -0.05) is 6.92 Å². The van der Waals surface area contributed by atoms with Gasteiger partial charge in [-0.15, -0.1) is 24.0 Å². The topological polar surface area (TPSA) is 48.9 Å². The number of ether oxygens (including phenoxy) is 1. The fraction of sp³-hybridized carbons (Fsp3) is 0.929. The highest BCUT2D eigenvalue weighted by molar-refractivity contribution is 14.0. The summed E-state index contributed by atoms with van der Waals surface area (Å²) in [7, 11) is 3.55. The zero-order valence-electron chi connectivity index (χ0n) is 13.2. The molecule has 1 aliphatic rings. The Hall–Kier alpha value is -0.0800. The molecule has 0 aromatic rings. The quantitative estimate of drug-likeness (QED) is 0.282. The number of aliphatic imine (C=N–C) groups is 1. The maximum atomic E-state index is 5.02. The molecule has 2 N–H and O–H groups in total. The van der Waals surface area contributed by atoms with Crippen molar-refractivity contribution in [2.45, 2.75) is 26.2 Å². The molecule has 0 radical (unpaired) electrons. The molecule has 6 heteroatoms. The van der Waals surface area contributed by atoms with Crippen molar-refractivity contribution in [1.82, 2.24) is 15.5 Å². The number of nitrogens with zero attached hydrogens (tertiary/aromatic N) is 2. The normalized spacial score (nSPS) is 17.6. The van der Waals surface area contributed by atoms with Gasteiger partial charge in [0.25, 0.3) is 0 Å². The number of guanidine groups is 1. The van der Waals surface area contributed by atoms with Gasteiger partial charge in [0.15, 0.2) is 5.96 Å². The largest absolute Gasteiger partial charge is 0.385 e. The summed E-state index contributed by atoms with van der Waals surface area (Å²) >= 11 is 0. The second-order valence-corrected chi connectivity index (χ2v) is 5.34. The summed E-state index contributed by atoms with van der Waals surface area (Å²) in [6, 6.07) is 0. The number of nitrogens with one attached hydrogen (secondary N) is 2. The molecule has 1 heterocycles. The van der Waals surface area contributed by atoms with Crippen molar-refractivity contribution in [3.8, 4) is 0 Å². The summed E-state index contributed by atoms with van der Waals surface area (Å²) in [5.41, 5.74) is 0. The van der Waals surface area contributed by atoms with Gasteiger partial charge < -0.3 is 20.3 Å². The van der Waals surface area contributed by atoms with E-state index in [4.69, 9.17) is 4.74 Å². The average Bonchev–Trinajstić information content (AvgIpc) is 2.91. The lowest BCUT2D eigenvalue weighted by molar-refractivity contribution is 0.195. The molecule has 20 heavy (non-hydrogen) atoms. The number of hydrogen-bond donors (Lipinski definition) is 2. The molecule has 0 amide bonds. The van der Waals surface area contributed by atoms with Crippen molar-refractivity contribution >= 4 is 29.9 Å². The Morgan fingerprint density at radius 3 is 2.60 bits per heavy atom. The van der Waals surface area contributed by atoms with E-state index in [1.807, 2.05) is 7.05 Å². The van der Waals surface area contributed by atoms with E-state index in [1.165, 1.54) is 32.5 Å². The Balaban J connectivity index is 0.00000361. The molecule has 1 rings (SSSR count). The molecule has 1 atom stereocenters. The molecular weight excluding hydrogens is 367 g/mol. The molecule has 1 aliphatic heterocycles. The lowest BCUT2D eigenvalue weighted by Gasteiger charge is -2.21. The van der Waals surface area contributed by atoms with Crippen molar-refractivity contribution in [3.05, 3.63) is 0 Å². The monoisotopic (exact) mass is 398 g/mol. The minimum Gasteiger partial charge on any atom is -0.385 e. The van der Waals surface area contributed by atoms with E-state index in [0.29, 0.717) is 5.92 Å². The van der Waals surface area contributed by atoms with E-state index in [9.17, 15) is 0 Å². The summed E-state index contributed by atoms with van der Waals surface area (Å²) in [6.45, 7) is 8.68. The molecule has 0 aromatic heterocycles. The highest BCUT2D eigenvalue weighted by Gasteiger charge is 2.14. The first-order valence-corrected chi connectivity index (χ1v) is 7.42. The van der Waals surface area contributed by atoms with E-state index >= 15 is 0 Å². The third-order valence-corrected chi connectivity index (χ3v) is 3.43. The van der Waals surface area contributed by atoms with Crippen LogP contribution in [0, 0.1) is 5.92 Å². The van der Waals surface area contributed by atoms with Crippen molar-refractivity contribution < 1.29 is 4.74 Å². The van der Waals surface area contributed by atoms with Crippen LogP contribution in [0.5, 0.6) is 0 Å². The highest BCUT2D eigenvalue weighted by atomic mass is 127. The Morgan fingerprint density at radius 1 is 1.30 bits per heavy atom. The van der Waals surface area contributed by atoms with Gasteiger partial charge in [0.05, 0.1) is 0 Å². The van der Waals surface area contributed by atoms with Crippen LogP contribution in [0.25, 0.3) is 0 Å². The van der Waals surface area contributed by atoms with Crippen LogP contribution in [0.1, 0.15) is 26.2 Å². The van der Waals surface area contributed by atoms with Crippen LogP contribution in [0.15, 0.2) is 4.99 Å². The molecule has 0 saturated carbocycles. The van der Waals surface area contributed by atoms with Crippen molar-refractivity contribution in [3.63, 3.8) is 0 Å². The zero-order valence-corrected chi connectivity index (χ0v) is 15.5. The van der Waals surface area contributed by atoms with E-state index in [0.717, 1.165) is 32.1 Å². The average molecular weight is 398 g/mol. The van der Waals surface area contributed by atoms with E-state index in [1.54, 1.807) is 7.11 Å². The van der Waals surface area contributed by atoms with Gasteiger partial charge in [0, 0.05) is 40.4 Å². The maximum absolute atomic E-state index is 5.02. The number of hydrogen-bond acceptors (Lipinski definition) is 3. The van der Waals surface area contributed by atoms with Crippen LogP contribution in [0.2, 0.25) is 0 Å².